The second kappa shape index (κ2) is 23.4. The zero-order chi connectivity index (χ0) is 17.6. The van der Waals surface area contributed by atoms with Crippen molar-refractivity contribution in [3.63, 3.8) is 0 Å². The minimum atomic E-state index is -0.664. The second-order valence-electron chi connectivity index (χ2n) is 6.04. The monoisotopic (exact) mass is 328 g/mol. The number of unbranched alkanes of at least 4 members (excludes halogenated alkanes) is 11. The van der Waals surface area contributed by atoms with Gasteiger partial charge in [-0.05, 0) is 39.0 Å². The number of allylic oxidation sites excluding steroid dienone is 2. The fourth-order valence-corrected chi connectivity index (χ4v) is 2.35. The van der Waals surface area contributed by atoms with E-state index in [4.69, 9.17) is 10.2 Å². The molecule has 0 spiro atoms. The summed E-state index contributed by atoms with van der Waals surface area (Å²) in [6.45, 7) is 4.19. The van der Waals surface area contributed by atoms with Gasteiger partial charge >= 0.3 is 5.97 Å². The van der Waals surface area contributed by atoms with E-state index in [1.165, 1.54) is 70.6 Å². The molecule has 0 heterocycles. The first-order chi connectivity index (χ1) is 11.2. The van der Waals surface area contributed by atoms with Crippen molar-refractivity contribution < 1.29 is 15.0 Å². The molecule has 0 radical (unpaired) electrons. The maximum atomic E-state index is 10.3. The molecule has 0 rings (SSSR count). The van der Waals surface area contributed by atoms with Gasteiger partial charge in [0.25, 0.3) is 0 Å². The highest BCUT2D eigenvalue weighted by molar-refractivity contribution is 5.66. The third-order valence-electron chi connectivity index (χ3n) is 3.65. The van der Waals surface area contributed by atoms with Crippen LogP contribution in [0, 0.1) is 0 Å². The van der Waals surface area contributed by atoms with Gasteiger partial charge in [0, 0.05) is 13.0 Å². The van der Waals surface area contributed by atoms with Gasteiger partial charge in [0.05, 0.1) is 0 Å². The first kappa shape index (κ1) is 24.4. The Kier molecular flexibility index (Phi) is 24.9. The van der Waals surface area contributed by atoms with Gasteiger partial charge in [-0.1, -0.05) is 70.4 Å². The molecular formula is C20H40O3. The van der Waals surface area contributed by atoms with Crippen molar-refractivity contribution in [2.24, 2.45) is 0 Å². The second-order valence-corrected chi connectivity index (χ2v) is 6.04. The van der Waals surface area contributed by atoms with E-state index in [2.05, 4.69) is 19.1 Å². The van der Waals surface area contributed by atoms with Crippen LogP contribution in [0.5, 0.6) is 0 Å². The van der Waals surface area contributed by atoms with E-state index in [1.54, 1.807) is 6.92 Å². The average molecular weight is 329 g/mol. The minimum absolute atomic E-state index is 0.250. The molecule has 0 aromatic carbocycles. The predicted molar refractivity (Wildman–Crippen MR) is 99.8 cm³/mol. The molecule has 23 heavy (non-hydrogen) atoms. The summed E-state index contributed by atoms with van der Waals surface area (Å²) in [5.74, 6) is -0.664. The summed E-state index contributed by atoms with van der Waals surface area (Å²) in [6, 6.07) is 0. The van der Waals surface area contributed by atoms with Crippen LogP contribution in [0.15, 0.2) is 12.2 Å². The third-order valence-corrected chi connectivity index (χ3v) is 3.65. The van der Waals surface area contributed by atoms with Crippen LogP contribution in [0.2, 0.25) is 0 Å². The summed E-state index contributed by atoms with van der Waals surface area (Å²) in [6.07, 6.45) is 21.2. The van der Waals surface area contributed by atoms with Crippen molar-refractivity contribution in [2.45, 2.75) is 104 Å². The van der Waals surface area contributed by atoms with Gasteiger partial charge < -0.3 is 10.2 Å². The molecule has 0 amide bonds. The molecule has 0 aromatic rings. The minimum Gasteiger partial charge on any atom is -0.481 e. The van der Waals surface area contributed by atoms with Gasteiger partial charge in [-0.25, -0.2) is 0 Å². The third kappa shape index (κ3) is 29.8. The molecule has 0 aliphatic rings. The van der Waals surface area contributed by atoms with Crippen molar-refractivity contribution in [3.8, 4) is 0 Å². The lowest BCUT2D eigenvalue weighted by Gasteiger charge is -1.99. The van der Waals surface area contributed by atoms with E-state index in [1.807, 2.05) is 0 Å². The molecule has 0 aliphatic carbocycles. The highest BCUT2D eigenvalue weighted by Crippen LogP contribution is 2.09. The van der Waals surface area contributed by atoms with Crippen molar-refractivity contribution in [3.05, 3.63) is 12.2 Å². The maximum Gasteiger partial charge on any atom is 0.303 e. The van der Waals surface area contributed by atoms with Gasteiger partial charge in [-0.15, -0.1) is 0 Å². The number of hydrogen-bond donors (Lipinski definition) is 2. The van der Waals surface area contributed by atoms with Crippen LogP contribution in [0.1, 0.15) is 104 Å². The molecule has 0 aliphatic heterocycles. The highest BCUT2D eigenvalue weighted by atomic mass is 16.4. The average Bonchev–Trinajstić information content (AvgIpc) is 2.51. The fraction of sp³-hybridized carbons (Fsp3) is 0.850. The smallest absolute Gasteiger partial charge is 0.303 e. The Morgan fingerprint density at radius 2 is 1.13 bits per heavy atom. The van der Waals surface area contributed by atoms with E-state index in [-0.39, 0.29) is 6.61 Å². The molecule has 2 N–H and O–H groups in total. The number of carbonyl (C=O) groups is 1. The Labute approximate surface area is 144 Å². The Bertz CT molecular complexity index is 249. The molecular weight excluding hydrogens is 288 g/mol. The van der Waals surface area contributed by atoms with Gasteiger partial charge in [0.15, 0.2) is 0 Å². The number of rotatable bonds is 15. The largest absolute Gasteiger partial charge is 0.481 e. The first-order valence-electron chi connectivity index (χ1n) is 9.66. The zero-order valence-electron chi connectivity index (χ0n) is 15.6. The lowest BCUT2D eigenvalue weighted by atomic mass is 10.1. The lowest BCUT2D eigenvalue weighted by molar-refractivity contribution is -0.137. The Morgan fingerprint density at radius 1 is 0.739 bits per heavy atom. The Morgan fingerprint density at radius 3 is 1.57 bits per heavy atom. The Balaban J connectivity index is 0. The quantitative estimate of drug-likeness (QED) is 0.282. The van der Waals surface area contributed by atoms with E-state index in [0.717, 1.165) is 12.8 Å². The van der Waals surface area contributed by atoms with Crippen molar-refractivity contribution in [2.75, 3.05) is 6.61 Å². The maximum absolute atomic E-state index is 10.3. The van der Waals surface area contributed by atoms with Crippen molar-refractivity contribution in [1.29, 1.82) is 0 Å². The molecule has 0 unspecified atom stereocenters. The molecule has 0 saturated carbocycles. The topological polar surface area (TPSA) is 57.5 Å². The predicted octanol–water partition coefficient (Wildman–Crippen LogP) is 6.11. The highest BCUT2D eigenvalue weighted by Gasteiger charge is 1.95. The molecule has 0 saturated heterocycles. The van der Waals surface area contributed by atoms with Gasteiger partial charge in [0.1, 0.15) is 0 Å². The molecule has 0 bridgehead atoms. The molecule has 3 nitrogen and oxygen atoms in total. The standard InChI is InChI=1S/C18H34O2.C2H6O/c1-2-3-4-5-6-7-8-9-10-11-12-13-14-15-16-17-18(19)20;1-2-3/h9-10H,2-8,11-17H2,1H3,(H,19,20);3H,2H2,1H3. The van der Waals surface area contributed by atoms with Gasteiger partial charge in [-0.2, -0.15) is 0 Å². The number of carboxylic acid groups (broad SMARTS) is 1. The number of aliphatic carboxylic acids is 1. The van der Waals surface area contributed by atoms with Crippen LogP contribution in [0.4, 0.5) is 0 Å². The van der Waals surface area contributed by atoms with Crippen LogP contribution in [-0.4, -0.2) is 22.8 Å². The summed E-state index contributed by atoms with van der Waals surface area (Å²) in [7, 11) is 0. The normalized spacial score (nSPS) is 10.6. The summed E-state index contributed by atoms with van der Waals surface area (Å²) in [4.78, 5) is 10.3. The van der Waals surface area contributed by atoms with E-state index < -0.39 is 5.97 Å². The SMILES string of the molecule is CCCCCCCCC=CCCCCCCCC(=O)O.CCO. The zero-order valence-corrected chi connectivity index (χ0v) is 15.6. The summed E-state index contributed by atoms with van der Waals surface area (Å²) in [5, 5.41) is 16.1. The van der Waals surface area contributed by atoms with E-state index >= 15 is 0 Å². The van der Waals surface area contributed by atoms with Crippen LogP contribution in [-0.2, 0) is 4.79 Å². The van der Waals surface area contributed by atoms with Crippen LogP contribution in [0.3, 0.4) is 0 Å². The number of hydrogen-bond acceptors (Lipinski definition) is 2. The summed E-state index contributed by atoms with van der Waals surface area (Å²) < 4.78 is 0. The summed E-state index contributed by atoms with van der Waals surface area (Å²) in [5.41, 5.74) is 0. The molecule has 0 atom stereocenters. The van der Waals surface area contributed by atoms with Crippen LogP contribution >= 0.6 is 0 Å². The lowest BCUT2D eigenvalue weighted by Crippen LogP contribution is -1.93. The molecule has 0 aromatic heterocycles. The van der Waals surface area contributed by atoms with Gasteiger partial charge in [-0.3, -0.25) is 4.79 Å². The number of aliphatic hydroxyl groups excluding tert-OH is 1. The van der Waals surface area contributed by atoms with Crippen LogP contribution < -0.4 is 0 Å². The number of carboxylic acids is 1. The molecule has 0 fully saturated rings. The summed E-state index contributed by atoms with van der Waals surface area (Å²) >= 11 is 0. The molecule has 3 heteroatoms. The van der Waals surface area contributed by atoms with Crippen LogP contribution in [0.25, 0.3) is 0 Å². The first-order valence-corrected chi connectivity index (χ1v) is 9.66. The van der Waals surface area contributed by atoms with Crippen molar-refractivity contribution in [1.82, 2.24) is 0 Å². The fourth-order valence-electron chi connectivity index (χ4n) is 2.35. The number of aliphatic hydroxyl groups is 1. The Hall–Kier alpha value is -0.830. The van der Waals surface area contributed by atoms with E-state index in [9.17, 15) is 4.79 Å². The van der Waals surface area contributed by atoms with Crippen molar-refractivity contribution >= 4 is 5.97 Å². The molecule has 138 valence electrons. The van der Waals surface area contributed by atoms with E-state index in [0.29, 0.717) is 6.42 Å². The van der Waals surface area contributed by atoms with Gasteiger partial charge in [0.2, 0.25) is 0 Å².